The van der Waals surface area contributed by atoms with Crippen LogP contribution < -0.4 is 23.7 Å². The highest BCUT2D eigenvalue weighted by Crippen LogP contribution is 2.32. The van der Waals surface area contributed by atoms with Crippen molar-refractivity contribution in [3.8, 4) is 57.5 Å². The van der Waals surface area contributed by atoms with Crippen molar-refractivity contribution in [2.45, 2.75) is 26.4 Å². The van der Waals surface area contributed by atoms with Crippen molar-refractivity contribution in [1.29, 1.82) is 0 Å². The Hall–Kier alpha value is -7.38. The maximum atomic E-state index is 10.2. The van der Waals surface area contributed by atoms with Crippen LogP contribution in [0.2, 0.25) is 0 Å². The molecule has 0 saturated carbocycles. The van der Waals surface area contributed by atoms with Crippen molar-refractivity contribution in [2.24, 2.45) is 0 Å². The van der Waals surface area contributed by atoms with E-state index in [-0.39, 0.29) is 35.4 Å². The molecule has 13 nitrogen and oxygen atoms in total. The molecule has 0 saturated heterocycles. The van der Waals surface area contributed by atoms with E-state index in [4.69, 9.17) is 39.0 Å². The first-order valence-electron chi connectivity index (χ1n) is 18.0. The van der Waals surface area contributed by atoms with Crippen LogP contribution in [0.15, 0.2) is 116 Å². The van der Waals surface area contributed by atoms with Gasteiger partial charge in [-0.15, -0.1) is 13.2 Å². The minimum atomic E-state index is -0.201. The lowest BCUT2D eigenvalue weighted by molar-refractivity contribution is 0.111. The minimum Gasteiger partial charge on any atom is -0.504 e. The fraction of sp³-hybridized carbons (Fsp3) is 0.191. The maximum Gasteiger partial charge on any atom is 0.163 e. The average molecular weight is 827 g/mol. The number of phenols is 5. The normalized spacial score (nSPS) is 9.65. The van der Waals surface area contributed by atoms with Crippen molar-refractivity contribution in [2.75, 3.05) is 35.5 Å². The zero-order valence-electron chi connectivity index (χ0n) is 34.6. The van der Waals surface area contributed by atoms with E-state index in [2.05, 4.69) is 13.2 Å². The van der Waals surface area contributed by atoms with Gasteiger partial charge in [0.05, 0.1) is 42.2 Å². The zero-order valence-corrected chi connectivity index (χ0v) is 34.6. The molecule has 5 rings (SSSR count). The Balaban J connectivity index is 0.000000376. The molecule has 13 heteroatoms. The van der Waals surface area contributed by atoms with Gasteiger partial charge in [0.15, 0.2) is 57.5 Å². The number of phenolic OH excluding ortho intramolecular Hbond substituents is 4. The van der Waals surface area contributed by atoms with E-state index in [0.29, 0.717) is 64.4 Å². The fourth-order valence-electron chi connectivity index (χ4n) is 4.84. The van der Waals surface area contributed by atoms with Crippen LogP contribution in [0.5, 0.6) is 57.5 Å². The third-order valence-corrected chi connectivity index (χ3v) is 7.85. The highest BCUT2D eigenvalue weighted by molar-refractivity contribution is 5.76. The van der Waals surface area contributed by atoms with Crippen LogP contribution in [0.25, 0.3) is 6.08 Å². The first-order valence-corrected chi connectivity index (χ1v) is 18.0. The Morgan fingerprint density at radius 2 is 0.933 bits per heavy atom. The predicted octanol–water partition coefficient (Wildman–Crippen LogP) is 8.61. The van der Waals surface area contributed by atoms with Crippen LogP contribution >= 0.6 is 0 Å². The molecule has 0 spiro atoms. The van der Waals surface area contributed by atoms with E-state index in [1.54, 1.807) is 54.6 Å². The van der Waals surface area contributed by atoms with Crippen molar-refractivity contribution in [1.82, 2.24) is 0 Å². The molecule has 320 valence electrons. The maximum absolute atomic E-state index is 10.2. The van der Waals surface area contributed by atoms with Crippen LogP contribution in [0.4, 0.5) is 0 Å². The molecule has 5 aromatic carbocycles. The summed E-state index contributed by atoms with van der Waals surface area (Å²) in [7, 11) is 7.44. The third kappa shape index (κ3) is 17.0. The summed E-state index contributed by atoms with van der Waals surface area (Å²) in [6.45, 7) is 9.00. The number of hydrogen-bond acceptors (Lipinski definition) is 13. The van der Waals surface area contributed by atoms with Gasteiger partial charge in [0.1, 0.15) is 12.6 Å². The van der Waals surface area contributed by atoms with E-state index in [1.807, 2.05) is 37.3 Å². The van der Waals surface area contributed by atoms with Gasteiger partial charge in [-0.1, -0.05) is 36.4 Å². The van der Waals surface area contributed by atoms with Gasteiger partial charge in [-0.2, -0.15) is 0 Å². The molecule has 0 amide bonds. The van der Waals surface area contributed by atoms with Gasteiger partial charge in [0.25, 0.3) is 0 Å². The summed E-state index contributed by atoms with van der Waals surface area (Å²) in [6, 6.07) is 22.9. The third-order valence-electron chi connectivity index (χ3n) is 7.85. The molecule has 0 fully saturated rings. The number of aliphatic hydroxyl groups excluding tert-OH is 1. The number of allylic oxidation sites excluding steroid dienone is 3. The molecule has 60 heavy (non-hydrogen) atoms. The Labute approximate surface area is 350 Å². The molecule has 0 unspecified atom stereocenters. The van der Waals surface area contributed by atoms with Gasteiger partial charge in [-0.05, 0) is 109 Å². The van der Waals surface area contributed by atoms with Crippen LogP contribution in [-0.2, 0) is 19.4 Å². The molecule has 0 atom stereocenters. The Morgan fingerprint density at radius 1 is 0.500 bits per heavy atom. The van der Waals surface area contributed by atoms with Gasteiger partial charge in [-0.25, -0.2) is 0 Å². The highest BCUT2D eigenvalue weighted by Gasteiger charge is 2.09. The van der Waals surface area contributed by atoms with E-state index in [0.717, 1.165) is 23.1 Å². The van der Waals surface area contributed by atoms with E-state index in [9.17, 15) is 24.9 Å². The van der Waals surface area contributed by atoms with Gasteiger partial charge >= 0.3 is 0 Å². The number of aromatic hydroxyl groups is 5. The summed E-state index contributed by atoms with van der Waals surface area (Å²) in [5.41, 5.74) is 4.45. The smallest absolute Gasteiger partial charge is 0.163 e. The van der Waals surface area contributed by atoms with Gasteiger partial charge in [0, 0.05) is 16.7 Å². The van der Waals surface area contributed by atoms with Gasteiger partial charge in [-0.3, -0.25) is 9.59 Å². The van der Waals surface area contributed by atoms with Crippen molar-refractivity contribution < 1.29 is 63.9 Å². The number of aldehydes is 2. The number of ether oxygens (including phenoxy) is 5. The lowest BCUT2D eigenvalue weighted by Gasteiger charge is -2.09. The lowest BCUT2D eigenvalue weighted by atomic mass is 10.1. The number of methoxy groups -OCH3 is 5. The first kappa shape index (κ1) is 50.6. The van der Waals surface area contributed by atoms with Crippen molar-refractivity contribution >= 4 is 18.6 Å². The SMILES string of the molecule is C/C=C/c1ccc(O)c(OC)c1.C=CCc1cc(CO)c(O)c(OC)c1.C=CCc1ccc(O)c(OC)c1.COc1cc(C=O)ccc1O.COc1ccc(C=O)cc1O. The van der Waals surface area contributed by atoms with E-state index in [1.165, 1.54) is 59.8 Å². The standard InChI is InChI=1S/C11H14O3.2C10H12O2.2C8H8O3/c1-3-4-8-5-9(7-12)11(13)10(6-8)14-2;2*1-3-4-8-5-6-9(11)10(7-8)12-2;1-11-8-3-2-6(5-9)4-7(8)10;1-11-8-4-6(5-9)2-3-7(8)10/h3,5-6,12-13H,1,4,7H2,2H3;3-7,11H,1-2H3;3,5-7,11H,1,4H2,2H3;2*2-5,10H,1H3/b;4-3+;;;. The summed E-state index contributed by atoms with van der Waals surface area (Å²) in [5.74, 6) is 2.45. The van der Waals surface area contributed by atoms with Crippen LogP contribution in [0.1, 0.15) is 49.9 Å². The predicted molar refractivity (Wildman–Crippen MR) is 233 cm³/mol. The number of carbonyl (C=O) groups is 2. The molecule has 0 bridgehead atoms. The Kier molecular flexibility index (Phi) is 23.7. The molecule has 0 heterocycles. The van der Waals surface area contributed by atoms with Gasteiger partial charge in [0.2, 0.25) is 0 Å². The second-order valence-corrected chi connectivity index (χ2v) is 12.0. The quantitative estimate of drug-likeness (QED) is 0.0487. The Morgan fingerprint density at radius 3 is 1.40 bits per heavy atom. The van der Waals surface area contributed by atoms with Crippen molar-refractivity contribution in [3.63, 3.8) is 0 Å². The monoisotopic (exact) mass is 826 g/mol. The molecule has 5 aromatic rings. The van der Waals surface area contributed by atoms with Gasteiger partial charge < -0.3 is 54.3 Å². The van der Waals surface area contributed by atoms with Crippen molar-refractivity contribution in [3.05, 3.63) is 150 Å². The highest BCUT2D eigenvalue weighted by atomic mass is 16.5. The van der Waals surface area contributed by atoms with E-state index >= 15 is 0 Å². The Bertz CT molecular complexity index is 2120. The number of rotatable bonds is 13. The zero-order chi connectivity index (χ0) is 45.0. The number of hydrogen-bond donors (Lipinski definition) is 6. The van der Waals surface area contributed by atoms with Crippen LogP contribution in [0, 0.1) is 0 Å². The summed E-state index contributed by atoms with van der Waals surface area (Å²) in [6.07, 6.45) is 10.3. The van der Waals surface area contributed by atoms with Crippen LogP contribution in [0.3, 0.4) is 0 Å². The summed E-state index contributed by atoms with van der Waals surface area (Å²) in [4.78, 5) is 20.5. The molecule has 0 radical (unpaired) electrons. The molecule has 0 aliphatic carbocycles. The number of carbonyl (C=O) groups excluding carboxylic acids is 2. The lowest BCUT2D eigenvalue weighted by Crippen LogP contribution is -1.93. The topological polar surface area (TPSA) is 202 Å². The second-order valence-electron chi connectivity index (χ2n) is 12.0. The molecular weight excluding hydrogens is 773 g/mol. The van der Waals surface area contributed by atoms with Crippen LogP contribution in [-0.4, -0.2) is 78.8 Å². The fourth-order valence-corrected chi connectivity index (χ4v) is 4.84. The first-order chi connectivity index (χ1) is 28.8. The number of benzene rings is 5. The van der Waals surface area contributed by atoms with E-state index < -0.39 is 0 Å². The number of aliphatic hydroxyl groups is 1. The largest absolute Gasteiger partial charge is 0.504 e. The minimum absolute atomic E-state index is 0.00260. The summed E-state index contributed by atoms with van der Waals surface area (Å²) >= 11 is 0. The molecule has 0 aliphatic rings. The average Bonchev–Trinajstić information content (AvgIpc) is 3.26. The molecular formula is C47H54O13. The molecule has 0 aromatic heterocycles. The summed E-state index contributed by atoms with van der Waals surface area (Å²) < 4.78 is 24.4. The molecule has 6 N–H and O–H groups in total. The molecule has 0 aliphatic heterocycles. The summed E-state index contributed by atoms with van der Waals surface area (Å²) in [5, 5.41) is 55.3. The second kappa shape index (κ2) is 28.1.